The predicted molar refractivity (Wildman–Crippen MR) is 94.5 cm³/mol. The number of thioether (sulfide) groups is 1. The molecular weight excluding hydrogens is 362 g/mol. The Bertz CT molecular complexity index is 668. The molecule has 1 atom stereocenters. The summed E-state index contributed by atoms with van der Waals surface area (Å²) in [6.45, 7) is 3.37. The molecule has 0 fully saturated rings. The van der Waals surface area contributed by atoms with Crippen molar-refractivity contribution in [1.82, 2.24) is 0 Å². The molecule has 114 valence electrons. The topological polar surface area (TPSA) is 46.2 Å². The normalized spacial score (nSPS) is 11.8. The van der Waals surface area contributed by atoms with Gasteiger partial charge in [0.25, 0.3) is 0 Å². The number of carbonyl (C=O) groups excluding carboxylic acids is 2. The first kappa shape index (κ1) is 16.8. The van der Waals surface area contributed by atoms with Crippen LogP contribution in [-0.4, -0.2) is 16.9 Å². The Morgan fingerprint density at radius 2 is 1.64 bits per heavy atom. The highest BCUT2D eigenvalue weighted by Gasteiger charge is 2.16. The molecule has 5 heteroatoms. The maximum Gasteiger partial charge on any atom is 0.221 e. The molecule has 1 unspecified atom stereocenters. The number of hydrogen-bond acceptors (Lipinski definition) is 3. The fourth-order valence-electron chi connectivity index (χ4n) is 1.93. The number of rotatable bonds is 5. The molecule has 0 aliphatic rings. The van der Waals surface area contributed by atoms with E-state index in [9.17, 15) is 9.59 Å². The van der Waals surface area contributed by atoms with Gasteiger partial charge in [0, 0.05) is 27.5 Å². The molecule has 2 rings (SSSR count). The Morgan fingerprint density at radius 1 is 1.05 bits per heavy atom. The molecule has 0 saturated heterocycles. The van der Waals surface area contributed by atoms with Gasteiger partial charge in [-0.3, -0.25) is 9.59 Å². The molecule has 1 N–H and O–H groups in total. The fraction of sp³-hybridized carbons (Fsp3) is 0.176. The van der Waals surface area contributed by atoms with E-state index in [1.165, 1.54) is 18.7 Å². The van der Waals surface area contributed by atoms with Crippen molar-refractivity contribution in [3.8, 4) is 0 Å². The molecule has 0 saturated carbocycles. The number of carbonyl (C=O) groups is 2. The van der Waals surface area contributed by atoms with E-state index in [-0.39, 0.29) is 16.9 Å². The number of benzene rings is 2. The van der Waals surface area contributed by atoms with Gasteiger partial charge in [-0.25, -0.2) is 0 Å². The van der Waals surface area contributed by atoms with Crippen molar-refractivity contribution in [2.75, 3.05) is 5.32 Å². The van der Waals surface area contributed by atoms with Crippen molar-refractivity contribution in [2.45, 2.75) is 24.0 Å². The van der Waals surface area contributed by atoms with Crippen LogP contribution in [0.3, 0.4) is 0 Å². The molecule has 0 bridgehead atoms. The van der Waals surface area contributed by atoms with E-state index in [0.717, 1.165) is 15.1 Å². The third-order valence-corrected chi connectivity index (χ3v) is 4.63. The van der Waals surface area contributed by atoms with Crippen LogP contribution in [0.1, 0.15) is 24.2 Å². The van der Waals surface area contributed by atoms with Gasteiger partial charge in [0.05, 0.1) is 5.25 Å². The summed E-state index contributed by atoms with van der Waals surface area (Å²) in [6.07, 6.45) is 0. The minimum atomic E-state index is -0.173. The predicted octanol–water partition coefficient (Wildman–Crippen LogP) is 4.77. The van der Waals surface area contributed by atoms with E-state index in [1.807, 2.05) is 55.5 Å². The summed E-state index contributed by atoms with van der Waals surface area (Å²) in [4.78, 5) is 24.4. The summed E-state index contributed by atoms with van der Waals surface area (Å²) in [5.74, 6) is 0.00243. The zero-order valence-electron chi connectivity index (χ0n) is 12.3. The molecule has 2 aromatic carbocycles. The number of nitrogens with one attached hydrogen (secondary N) is 1. The zero-order chi connectivity index (χ0) is 16.1. The minimum Gasteiger partial charge on any atom is -0.326 e. The van der Waals surface area contributed by atoms with Crippen LogP contribution in [0, 0.1) is 0 Å². The summed E-state index contributed by atoms with van der Waals surface area (Å²) in [5, 5.41) is 2.55. The third-order valence-electron chi connectivity index (χ3n) is 2.99. The summed E-state index contributed by atoms with van der Waals surface area (Å²) in [6, 6.07) is 14.9. The Hall–Kier alpha value is -1.59. The van der Waals surface area contributed by atoms with Crippen molar-refractivity contribution in [2.24, 2.45) is 0 Å². The van der Waals surface area contributed by atoms with E-state index >= 15 is 0 Å². The standard InChI is InChI=1S/C17H16BrNO2S/c1-11(17(21)13-3-5-14(18)6-4-13)22-16-9-7-15(8-10-16)19-12(2)20/h3-11H,1-2H3,(H,19,20). The smallest absolute Gasteiger partial charge is 0.221 e. The van der Waals surface area contributed by atoms with E-state index in [0.29, 0.717) is 5.56 Å². The lowest BCUT2D eigenvalue weighted by atomic mass is 10.1. The molecule has 1 amide bonds. The molecule has 2 aromatic rings. The summed E-state index contributed by atoms with van der Waals surface area (Å²) >= 11 is 4.87. The van der Waals surface area contributed by atoms with Gasteiger partial charge < -0.3 is 5.32 Å². The zero-order valence-corrected chi connectivity index (χ0v) is 14.7. The Morgan fingerprint density at radius 3 is 2.18 bits per heavy atom. The van der Waals surface area contributed by atoms with Crippen LogP contribution < -0.4 is 5.32 Å². The minimum absolute atomic E-state index is 0.0980. The van der Waals surface area contributed by atoms with E-state index in [1.54, 1.807) is 0 Å². The Balaban J connectivity index is 2.01. The lowest BCUT2D eigenvalue weighted by Crippen LogP contribution is -2.13. The van der Waals surface area contributed by atoms with Crippen LogP contribution in [0.15, 0.2) is 57.9 Å². The highest BCUT2D eigenvalue weighted by atomic mass is 79.9. The van der Waals surface area contributed by atoms with Gasteiger partial charge in [0.1, 0.15) is 0 Å². The second kappa shape index (κ2) is 7.61. The highest BCUT2D eigenvalue weighted by molar-refractivity contribution is 9.10. The summed E-state index contributed by atoms with van der Waals surface area (Å²) < 4.78 is 0.956. The first-order valence-electron chi connectivity index (χ1n) is 6.80. The molecule has 0 aromatic heterocycles. The van der Waals surface area contributed by atoms with Crippen LogP contribution in [0.4, 0.5) is 5.69 Å². The second-order valence-corrected chi connectivity index (χ2v) is 7.17. The average Bonchev–Trinajstić information content (AvgIpc) is 2.49. The maximum atomic E-state index is 12.4. The number of Topliss-reactive ketones (excluding diaryl/α,β-unsaturated/α-hetero) is 1. The molecule has 0 aliphatic heterocycles. The lowest BCUT2D eigenvalue weighted by Gasteiger charge is -2.11. The van der Waals surface area contributed by atoms with Crippen LogP contribution >= 0.6 is 27.7 Å². The number of amides is 1. The van der Waals surface area contributed by atoms with Crippen molar-refractivity contribution >= 4 is 45.1 Å². The van der Waals surface area contributed by atoms with Gasteiger partial charge in [-0.05, 0) is 43.3 Å². The van der Waals surface area contributed by atoms with Gasteiger partial charge in [-0.2, -0.15) is 0 Å². The largest absolute Gasteiger partial charge is 0.326 e. The van der Waals surface area contributed by atoms with E-state index in [2.05, 4.69) is 21.2 Å². The molecule has 3 nitrogen and oxygen atoms in total. The van der Waals surface area contributed by atoms with Gasteiger partial charge >= 0.3 is 0 Å². The van der Waals surface area contributed by atoms with Crippen molar-refractivity contribution in [3.63, 3.8) is 0 Å². The quantitative estimate of drug-likeness (QED) is 0.602. The van der Waals surface area contributed by atoms with Gasteiger partial charge in [-0.15, -0.1) is 11.8 Å². The molecule has 22 heavy (non-hydrogen) atoms. The number of anilines is 1. The number of halogens is 1. The molecule has 0 radical (unpaired) electrons. The maximum absolute atomic E-state index is 12.4. The van der Waals surface area contributed by atoms with Crippen LogP contribution in [-0.2, 0) is 4.79 Å². The fourth-order valence-corrected chi connectivity index (χ4v) is 3.14. The first-order chi connectivity index (χ1) is 10.5. The lowest BCUT2D eigenvalue weighted by molar-refractivity contribution is -0.114. The van der Waals surface area contributed by atoms with Gasteiger partial charge in [-0.1, -0.05) is 28.1 Å². The van der Waals surface area contributed by atoms with Crippen LogP contribution in [0.5, 0.6) is 0 Å². The Kier molecular flexibility index (Phi) is 5.80. The molecule has 0 heterocycles. The third kappa shape index (κ3) is 4.71. The molecule has 0 aliphatic carbocycles. The highest BCUT2D eigenvalue weighted by Crippen LogP contribution is 2.27. The van der Waals surface area contributed by atoms with Crippen molar-refractivity contribution in [1.29, 1.82) is 0 Å². The SMILES string of the molecule is CC(=O)Nc1ccc(SC(C)C(=O)c2ccc(Br)cc2)cc1. The van der Waals surface area contributed by atoms with Crippen LogP contribution in [0.2, 0.25) is 0 Å². The molecular formula is C17H16BrNO2S. The van der Waals surface area contributed by atoms with E-state index in [4.69, 9.17) is 0 Å². The summed E-state index contributed by atoms with van der Waals surface area (Å²) in [7, 11) is 0. The first-order valence-corrected chi connectivity index (χ1v) is 8.47. The van der Waals surface area contributed by atoms with Gasteiger partial charge in [0.2, 0.25) is 5.91 Å². The summed E-state index contributed by atoms with van der Waals surface area (Å²) in [5.41, 5.74) is 1.46. The van der Waals surface area contributed by atoms with Crippen molar-refractivity contribution < 1.29 is 9.59 Å². The van der Waals surface area contributed by atoms with Gasteiger partial charge in [0.15, 0.2) is 5.78 Å². The number of hydrogen-bond donors (Lipinski definition) is 1. The number of ketones is 1. The van der Waals surface area contributed by atoms with Crippen LogP contribution in [0.25, 0.3) is 0 Å². The molecule has 0 spiro atoms. The van der Waals surface area contributed by atoms with E-state index < -0.39 is 0 Å². The Labute approximate surface area is 142 Å². The van der Waals surface area contributed by atoms with Crippen molar-refractivity contribution in [3.05, 3.63) is 58.6 Å². The monoisotopic (exact) mass is 377 g/mol. The average molecular weight is 378 g/mol. The second-order valence-electron chi connectivity index (χ2n) is 4.84.